The zero-order valence-electron chi connectivity index (χ0n) is 7.79. The molecule has 0 aliphatic carbocycles. The van der Waals surface area contributed by atoms with E-state index in [2.05, 4.69) is 13.2 Å². The van der Waals surface area contributed by atoms with Crippen LogP contribution in [0.4, 0.5) is 0 Å². The lowest BCUT2D eigenvalue weighted by Gasteiger charge is -2.03. The van der Waals surface area contributed by atoms with Crippen molar-refractivity contribution in [2.45, 2.75) is 0 Å². The number of carboxylic acids is 1. The summed E-state index contributed by atoms with van der Waals surface area (Å²) in [5, 5.41) is 9.12. The molecule has 1 aromatic rings. The lowest BCUT2D eigenvalue weighted by atomic mass is 10.2. The van der Waals surface area contributed by atoms with Gasteiger partial charge in [0.1, 0.15) is 11.3 Å². The summed E-state index contributed by atoms with van der Waals surface area (Å²) in [7, 11) is 1.40. The van der Waals surface area contributed by atoms with E-state index in [1.54, 1.807) is 0 Å². The second kappa shape index (κ2) is 6.05. The van der Waals surface area contributed by atoms with Gasteiger partial charge in [0, 0.05) is 5.02 Å². The van der Waals surface area contributed by atoms with E-state index < -0.39 is 5.97 Å². The molecule has 0 atom stereocenters. The van der Waals surface area contributed by atoms with Crippen LogP contribution >= 0.6 is 11.6 Å². The molecule has 1 N–H and O–H groups in total. The smallest absolute Gasteiger partial charge is 0.339 e. The van der Waals surface area contributed by atoms with Crippen molar-refractivity contribution in [3.8, 4) is 5.75 Å². The minimum absolute atomic E-state index is 0.113. The van der Waals surface area contributed by atoms with E-state index in [0.717, 1.165) is 0 Å². The maximum absolute atomic E-state index is 10.6. The predicted molar refractivity (Wildman–Crippen MR) is 56.2 cm³/mol. The standard InChI is InChI=1S/C8H7ClO3.C2H4/c1-12-7-4-5(9)2-3-6(7)8(10)11;1-2/h2-4H,1H3,(H,10,11);1-2H2. The summed E-state index contributed by atoms with van der Waals surface area (Å²) in [6, 6.07) is 4.38. The number of rotatable bonds is 2. The predicted octanol–water partition coefficient (Wildman–Crippen LogP) is 2.85. The number of hydrogen-bond acceptors (Lipinski definition) is 2. The third-order valence-electron chi connectivity index (χ3n) is 1.39. The average molecular weight is 215 g/mol. The first-order valence-corrected chi connectivity index (χ1v) is 4.10. The van der Waals surface area contributed by atoms with Crippen molar-refractivity contribution in [2.75, 3.05) is 7.11 Å². The molecule has 4 heteroatoms. The Morgan fingerprint density at radius 2 is 2.07 bits per heavy atom. The fourth-order valence-electron chi connectivity index (χ4n) is 0.842. The third kappa shape index (κ3) is 3.11. The fraction of sp³-hybridized carbons (Fsp3) is 0.100. The molecule has 0 unspecified atom stereocenters. The summed E-state index contributed by atoms with van der Waals surface area (Å²) in [5.74, 6) is -0.751. The van der Waals surface area contributed by atoms with E-state index in [-0.39, 0.29) is 11.3 Å². The molecule has 0 bridgehead atoms. The van der Waals surface area contributed by atoms with Gasteiger partial charge in [0.2, 0.25) is 0 Å². The molecule has 0 aliphatic rings. The van der Waals surface area contributed by atoms with E-state index >= 15 is 0 Å². The van der Waals surface area contributed by atoms with Gasteiger partial charge in [-0.2, -0.15) is 0 Å². The van der Waals surface area contributed by atoms with Crippen LogP contribution in [0.3, 0.4) is 0 Å². The highest BCUT2D eigenvalue weighted by Crippen LogP contribution is 2.22. The molecule has 76 valence electrons. The molecule has 0 aromatic heterocycles. The Morgan fingerprint density at radius 3 is 2.50 bits per heavy atom. The summed E-state index contributed by atoms with van der Waals surface area (Å²) < 4.78 is 4.82. The van der Waals surface area contributed by atoms with Crippen molar-refractivity contribution in [1.82, 2.24) is 0 Å². The lowest BCUT2D eigenvalue weighted by Crippen LogP contribution is -1.99. The maximum Gasteiger partial charge on any atom is 0.339 e. The molecule has 0 radical (unpaired) electrons. The van der Waals surface area contributed by atoms with Gasteiger partial charge >= 0.3 is 5.97 Å². The Morgan fingerprint density at radius 1 is 1.50 bits per heavy atom. The van der Waals surface area contributed by atoms with Gasteiger partial charge in [-0.05, 0) is 18.2 Å². The molecular formula is C10H11ClO3. The number of methoxy groups -OCH3 is 1. The van der Waals surface area contributed by atoms with Crippen LogP contribution in [0, 0.1) is 0 Å². The number of aromatic carboxylic acids is 1. The molecule has 3 nitrogen and oxygen atoms in total. The maximum atomic E-state index is 10.6. The zero-order valence-corrected chi connectivity index (χ0v) is 8.54. The van der Waals surface area contributed by atoms with Crippen LogP contribution in [-0.2, 0) is 0 Å². The Kier molecular flexibility index (Phi) is 5.41. The molecule has 0 spiro atoms. The molecule has 0 heterocycles. The van der Waals surface area contributed by atoms with Crippen LogP contribution in [-0.4, -0.2) is 18.2 Å². The van der Waals surface area contributed by atoms with Crippen molar-refractivity contribution in [3.05, 3.63) is 41.9 Å². The first-order valence-electron chi connectivity index (χ1n) is 3.72. The van der Waals surface area contributed by atoms with Crippen molar-refractivity contribution in [1.29, 1.82) is 0 Å². The van der Waals surface area contributed by atoms with Gasteiger partial charge in [0.05, 0.1) is 7.11 Å². The molecule has 1 aromatic carbocycles. The molecule has 14 heavy (non-hydrogen) atoms. The van der Waals surface area contributed by atoms with Crippen LogP contribution < -0.4 is 4.74 Å². The van der Waals surface area contributed by atoms with Gasteiger partial charge in [-0.3, -0.25) is 0 Å². The quantitative estimate of drug-likeness (QED) is 0.770. The van der Waals surface area contributed by atoms with Crippen LogP contribution in [0.5, 0.6) is 5.75 Å². The van der Waals surface area contributed by atoms with Crippen molar-refractivity contribution >= 4 is 17.6 Å². The number of benzene rings is 1. The van der Waals surface area contributed by atoms with E-state index in [4.69, 9.17) is 21.4 Å². The normalized spacial score (nSPS) is 8.43. The van der Waals surface area contributed by atoms with E-state index in [0.29, 0.717) is 5.02 Å². The summed E-state index contributed by atoms with van der Waals surface area (Å²) >= 11 is 5.63. The lowest BCUT2D eigenvalue weighted by molar-refractivity contribution is 0.0693. The highest BCUT2D eigenvalue weighted by Gasteiger charge is 2.09. The molecule has 0 fully saturated rings. The first kappa shape index (κ1) is 12.5. The molecule has 0 aliphatic heterocycles. The molecule has 0 saturated carbocycles. The largest absolute Gasteiger partial charge is 0.496 e. The Bertz CT molecular complexity index is 323. The van der Waals surface area contributed by atoms with E-state index in [9.17, 15) is 4.79 Å². The Hall–Kier alpha value is -1.48. The van der Waals surface area contributed by atoms with Gasteiger partial charge in [-0.1, -0.05) is 11.6 Å². The highest BCUT2D eigenvalue weighted by atomic mass is 35.5. The van der Waals surface area contributed by atoms with Gasteiger partial charge in [0.25, 0.3) is 0 Å². The van der Waals surface area contributed by atoms with Crippen LogP contribution in [0.2, 0.25) is 5.02 Å². The minimum atomic E-state index is -1.02. The van der Waals surface area contributed by atoms with Gasteiger partial charge < -0.3 is 9.84 Å². The Balaban J connectivity index is 0.000000791. The monoisotopic (exact) mass is 214 g/mol. The molecule has 1 rings (SSSR count). The highest BCUT2D eigenvalue weighted by molar-refractivity contribution is 6.30. The second-order valence-electron chi connectivity index (χ2n) is 2.15. The summed E-state index contributed by atoms with van der Waals surface area (Å²) in [6.45, 7) is 6.00. The number of carboxylic acid groups (broad SMARTS) is 1. The Labute approximate surface area is 87.6 Å². The summed E-state index contributed by atoms with van der Waals surface area (Å²) in [6.07, 6.45) is 0. The van der Waals surface area contributed by atoms with Crippen molar-refractivity contribution in [2.24, 2.45) is 0 Å². The van der Waals surface area contributed by atoms with Crippen LogP contribution in [0.15, 0.2) is 31.4 Å². The summed E-state index contributed by atoms with van der Waals surface area (Å²) in [5.41, 5.74) is 0.113. The second-order valence-corrected chi connectivity index (χ2v) is 2.59. The van der Waals surface area contributed by atoms with Crippen LogP contribution in [0.1, 0.15) is 10.4 Å². The minimum Gasteiger partial charge on any atom is -0.496 e. The average Bonchev–Trinajstić information content (AvgIpc) is 2.20. The van der Waals surface area contributed by atoms with Crippen molar-refractivity contribution in [3.63, 3.8) is 0 Å². The van der Waals surface area contributed by atoms with Gasteiger partial charge in [0.15, 0.2) is 0 Å². The number of carbonyl (C=O) groups is 1. The van der Waals surface area contributed by atoms with E-state index in [1.807, 2.05) is 0 Å². The van der Waals surface area contributed by atoms with Gasteiger partial charge in [-0.25, -0.2) is 4.79 Å². The first-order chi connectivity index (χ1) is 6.65. The fourth-order valence-corrected chi connectivity index (χ4v) is 1.00. The SMILES string of the molecule is C=C.COc1cc(Cl)ccc1C(=O)O. The van der Waals surface area contributed by atoms with E-state index in [1.165, 1.54) is 25.3 Å². The van der Waals surface area contributed by atoms with Crippen molar-refractivity contribution < 1.29 is 14.6 Å². The van der Waals surface area contributed by atoms with Gasteiger partial charge in [-0.15, -0.1) is 13.2 Å². The molecular weight excluding hydrogens is 204 g/mol. The van der Waals surface area contributed by atoms with Crippen LogP contribution in [0.25, 0.3) is 0 Å². The third-order valence-corrected chi connectivity index (χ3v) is 1.63. The molecule has 0 saturated heterocycles. The number of ether oxygens (including phenoxy) is 1. The zero-order chi connectivity index (χ0) is 11.1. The topological polar surface area (TPSA) is 46.5 Å². The number of hydrogen-bond donors (Lipinski definition) is 1. The molecule has 0 amide bonds. The summed E-state index contributed by atoms with van der Waals surface area (Å²) in [4.78, 5) is 10.6. The number of halogens is 1.